The van der Waals surface area contributed by atoms with Crippen LogP contribution in [0.4, 0.5) is 52.7 Å². The lowest BCUT2D eigenvalue weighted by molar-refractivity contribution is -0.274. The second-order valence-corrected chi connectivity index (χ2v) is 7.28. The molecule has 0 spiro atoms. The second kappa shape index (κ2) is 8.94. The average Bonchev–Trinajstić information content (AvgIpc) is 3.17. The monoisotopic (exact) mass is 514 g/mol. The molecule has 0 unspecified atom stereocenters. The van der Waals surface area contributed by atoms with E-state index >= 15 is 0 Å². The largest absolute Gasteiger partial charge is 0.573 e. The molecular weight excluding hydrogens is 501 g/mol. The predicted octanol–water partition coefficient (Wildman–Crippen LogP) is 6.78. The van der Waals surface area contributed by atoms with Gasteiger partial charge in [0.1, 0.15) is 5.82 Å². The number of halogens is 7. The molecule has 4 rings (SSSR count). The van der Waals surface area contributed by atoms with Crippen LogP contribution in [-0.4, -0.2) is 17.6 Å². The lowest BCUT2D eigenvalue weighted by Gasteiger charge is -2.12. The van der Waals surface area contributed by atoms with Crippen molar-refractivity contribution < 1.29 is 44.8 Å². The van der Waals surface area contributed by atoms with E-state index in [2.05, 4.69) is 15.2 Å². The molecule has 0 aliphatic rings. The van der Waals surface area contributed by atoms with Gasteiger partial charge >= 0.3 is 18.6 Å². The van der Waals surface area contributed by atoms with Crippen molar-refractivity contribution >= 4 is 34.2 Å². The lowest BCUT2D eigenvalue weighted by atomic mass is 10.0. The number of rotatable bonds is 4. The molecule has 1 aromatic heterocycles. The molecule has 1 heterocycles. The third kappa shape index (κ3) is 5.26. The number of alkyl halides is 6. The minimum atomic E-state index is -4.97. The SMILES string of the molecule is Nc1noc2c(OC(F)(F)F)ccc(-c3ccc(NC(=O)Nc4cc(C(F)(F)F)ccc4F)cc3)c12. The van der Waals surface area contributed by atoms with Crippen molar-refractivity contribution in [3.8, 4) is 16.9 Å². The van der Waals surface area contributed by atoms with E-state index in [1.165, 1.54) is 30.3 Å². The Balaban J connectivity index is 1.54. The summed E-state index contributed by atoms with van der Waals surface area (Å²) in [5.74, 6) is -1.89. The maximum atomic E-state index is 13.8. The molecule has 36 heavy (non-hydrogen) atoms. The number of hydrogen-bond donors (Lipinski definition) is 3. The number of anilines is 3. The van der Waals surface area contributed by atoms with Crippen LogP contribution in [0.15, 0.2) is 59.1 Å². The van der Waals surface area contributed by atoms with Gasteiger partial charge in [-0.25, -0.2) is 9.18 Å². The number of benzene rings is 3. The summed E-state index contributed by atoms with van der Waals surface area (Å²) in [6, 6.07) is 8.65. The highest BCUT2D eigenvalue weighted by Gasteiger charge is 2.33. The fourth-order valence-corrected chi connectivity index (χ4v) is 3.31. The second-order valence-electron chi connectivity index (χ2n) is 7.28. The summed E-state index contributed by atoms with van der Waals surface area (Å²) in [6.07, 6.45) is -9.70. The highest BCUT2D eigenvalue weighted by Crippen LogP contribution is 2.40. The minimum Gasteiger partial charge on any atom is -0.402 e. The zero-order chi connectivity index (χ0) is 26.3. The van der Waals surface area contributed by atoms with E-state index in [4.69, 9.17) is 10.3 Å². The highest BCUT2D eigenvalue weighted by molar-refractivity contribution is 6.04. The van der Waals surface area contributed by atoms with Crippen LogP contribution in [0.5, 0.6) is 5.75 Å². The van der Waals surface area contributed by atoms with Crippen LogP contribution in [0.3, 0.4) is 0 Å². The zero-order valence-electron chi connectivity index (χ0n) is 17.6. The summed E-state index contributed by atoms with van der Waals surface area (Å²) in [5.41, 5.74) is 4.58. The maximum Gasteiger partial charge on any atom is 0.573 e. The molecule has 4 N–H and O–H groups in total. The topological polar surface area (TPSA) is 102 Å². The van der Waals surface area contributed by atoms with Crippen LogP contribution < -0.4 is 21.1 Å². The van der Waals surface area contributed by atoms with Gasteiger partial charge in [0.15, 0.2) is 11.6 Å². The van der Waals surface area contributed by atoms with Gasteiger partial charge in [-0.3, -0.25) is 0 Å². The summed E-state index contributed by atoms with van der Waals surface area (Å²) in [6.45, 7) is 0. The van der Waals surface area contributed by atoms with E-state index in [1.54, 1.807) is 0 Å². The van der Waals surface area contributed by atoms with Crippen LogP contribution in [0.25, 0.3) is 22.1 Å². The fourth-order valence-electron chi connectivity index (χ4n) is 3.31. The molecule has 0 aliphatic heterocycles. The summed E-state index contributed by atoms with van der Waals surface area (Å²) >= 11 is 0. The van der Waals surface area contributed by atoms with Crippen molar-refractivity contribution in [1.29, 1.82) is 0 Å². The summed E-state index contributed by atoms with van der Waals surface area (Å²) in [5, 5.41) is 7.89. The number of aromatic nitrogens is 1. The van der Waals surface area contributed by atoms with Gasteiger partial charge in [-0.05, 0) is 53.6 Å². The molecule has 188 valence electrons. The number of nitrogens with one attached hydrogen (secondary N) is 2. The van der Waals surface area contributed by atoms with Gasteiger partial charge in [0.2, 0.25) is 5.58 Å². The van der Waals surface area contributed by atoms with Crippen molar-refractivity contribution in [1.82, 2.24) is 5.16 Å². The molecule has 0 saturated carbocycles. The minimum absolute atomic E-state index is 0.0650. The van der Waals surface area contributed by atoms with E-state index in [1.807, 2.05) is 5.32 Å². The van der Waals surface area contributed by atoms with Crippen LogP contribution in [0.1, 0.15) is 5.56 Å². The summed E-state index contributed by atoms with van der Waals surface area (Å²) < 4.78 is 99.1. The molecule has 14 heteroatoms. The molecule has 0 bridgehead atoms. The van der Waals surface area contributed by atoms with Gasteiger partial charge in [-0.2, -0.15) is 13.2 Å². The van der Waals surface area contributed by atoms with Gasteiger partial charge in [-0.15, -0.1) is 13.2 Å². The van der Waals surface area contributed by atoms with E-state index in [9.17, 15) is 35.5 Å². The molecule has 0 saturated heterocycles. The normalized spacial score (nSPS) is 12.0. The first-order chi connectivity index (χ1) is 16.8. The van der Waals surface area contributed by atoms with E-state index in [0.717, 1.165) is 6.07 Å². The molecule has 0 radical (unpaired) electrons. The van der Waals surface area contributed by atoms with Crippen molar-refractivity contribution in [2.24, 2.45) is 0 Å². The molecule has 4 aromatic rings. The van der Waals surface area contributed by atoms with E-state index < -0.39 is 41.4 Å². The third-order valence-electron chi connectivity index (χ3n) is 4.83. The standard InChI is InChI=1S/C22H13F7N4O3/c23-14-7-3-11(21(24,25)26)9-15(14)32-20(34)31-12-4-1-10(2-5-12)13-6-8-16(35-22(27,28)29)18-17(13)19(30)33-36-18/h1-9H,(H2,30,33)(H2,31,32,34). The van der Waals surface area contributed by atoms with Gasteiger partial charge in [0, 0.05) is 5.69 Å². The zero-order valence-corrected chi connectivity index (χ0v) is 17.6. The first kappa shape index (κ1) is 24.6. The van der Waals surface area contributed by atoms with Crippen LogP contribution >= 0.6 is 0 Å². The van der Waals surface area contributed by atoms with Crippen molar-refractivity contribution in [3.63, 3.8) is 0 Å². The number of hydrogen-bond acceptors (Lipinski definition) is 5. The number of urea groups is 1. The Morgan fingerprint density at radius 2 is 1.64 bits per heavy atom. The number of amides is 2. The summed E-state index contributed by atoms with van der Waals surface area (Å²) in [4.78, 5) is 12.2. The number of nitrogens with zero attached hydrogens (tertiary/aromatic N) is 1. The Morgan fingerprint density at radius 1 is 0.944 bits per heavy atom. The summed E-state index contributed by atoms with van der Waals surface area (Å²) in [7, 11) is 0. The average molecular weight is 514 g/mol. The smallest absolute Gasteiger partial charge is 0.402 e. The maximum absolute atomic E-state index is 13.8. The quantitative estimate of drug-likeness (QED) is 0.261. The van der Waals surface area contributed by atoms with Crippen LogP contribution in [0, 0.1) is 5.82 Å². The molecule has 7 nitrogen and oxygen atoms in total. The van der Waals surface area contributed by atoms with Gasteiger partial charge in [0.05, 0.1) is 16.6 Å². The van der Waals surface area contributed by atoms with E-state index in [0.29, 0.717) is 29.3 Å². The molecule has 0 fully saturated rings. The third-order valence-corrected chi connectivity index (χ3v) is 4.83. The van der Waals surface area contributed by atoms with Gasteiger partial charge < -0.3 is 25.6 Å². The molecular formula is C22H13F7N4O3. The Labute approximate surface area is 196 Å². The number of fused-ring (bicyclic) bond motifs is 1. The Kier molecular flexibility index (Phi) is 6.12. The number of nitrogen functional groups attached to an aromatic ring is 1. The van der Waals surface area contributed by atoms with Crippen molar-refractivity contribution in [2.45, 2.75) is 12.5 Å². The van der Waals surface area contributed by atoms with Crippen LogP contribution in [-0.2, 0) is 6.18 Å². The van der Waals surface area contributed by atoms with Crippen LogP contribution in [0.2, 0.25) is 0 Å². The number of ether oxygens (including phenoxy) is 1. The fraction of sp³-hybridized carbons (Fsp3) is 0.0909. The molecule has 0 atom stereocenters. The predicted molar refractivity (Wildman–Crippen MR) is 115 cm³/mol. The highest BCUT2D eigenvalue weighted by atomic mass is 19.4. The first-order valence-electron chi connectivity index (χ1n) is 9.80. The number of carbonyl (C=O) groups is 1. The van der Waals surface area contributed by atoms with E-state index in [-0.39, 0.29) is 22.5 Å². The number of nitrogens with two attached hydrogens (primary N) is 1. The van der Waals surface area contributed by atoms with Gasteiger partial charge in [-0.1, -0.05) is 17.3 Å². The Hall–Kier alpha value is -4.49. The van der Waals surface area contributed by atoms with Crippen molar-refractivity contribution in [3.05, 3.63) is 66.0 Å². The number of carbonyl (C=O) groups excluding carboxylic acids is 1. The lowest BCUT2D eigenvalue weighted by Crippen LogP contribution is -2.20. The molecule has 2 amide bonds. The van der Waals surface area contributed by atoms with Gasteiger partial charge in [0.25, 0.3) is 0 Å². The van der Waals surface area contributed by atoms with Crippen molar-refractivity contribution in [2.75, 3.05) is 16.4 Å². The Bertz CT molecular complexity index is 1430. The molecule has 3 aromatic carbocycles. The molecule has 0 aliphatic carbocycles. The Morgan fingerprint density at radius 3 is 2.28 bits per heavy atom. The first-order valence-corrected chi connectivity index (χ1v) is 9.80.